The second-order valence-corrected chi connectivity index (χ2v) is 7.22. The van der Waals surface area contributed by atoms with Crippen LogP contribution in [0.5, 0.6) is 0 Å². The second kappa shape index (κ2) is 8.60. The number of nitrogens with zero attached hydrogens (tertiary/aromatic N) is 5. The van der Waals surface area contributed by atoms with E-state index in [1.165, 1.54) is 0 Å². The largest absolute Gasteiger partial charge is 0.396 e. The Morgan fingerprint density at radius 1 is 1.29 bits per heavy atom. The molecule has 7 heteroatoms. The number of hydrogen-bond donors (Lipinski definition) is 1. The molecule has 1 N–H and O–H groups in total. The number of rotatable bonds is 8. The molecule has 7 nitrogen and oxygen atoms in total. The van der Waals surface area contributed by atoms with Crippen LogP contribution < -0.4 is 0 Å². The topological polar surface area (TPSA) is 64.8 Å². The summed E-state index contributed by atoms with van der Waals surface area (Å²) >= 11 is 0. The number of likely N-dealkylation sites (N-methyl/N-ethyl adjacent to an activating group) is 2. The summed E-state index contributed by atoms with van der Waals surface area (Å²) in [6.45, 7) is 6.59. The van der Waals surface area contributed by atoms with E-state index in [0.29, 0.717) is 12.5 Å². The second-order valence-electron chi connectivity index (χ2n) is 7.22. The van der Waals surface area contributed by atoms with E-state index in [2.05, 4.69) is 36.0 Å². The average Bonchev–Trinajstić information content (AvgIpc) is 3.11. The number of amides is 1. The lowest BCUT2D eigenvalue weighted by molar-refractivity contribution is -0.131. The number of likely N-dealkylation sites (tertiary alicyclic amines) is 1. The minimum Gasteiger partial charge on any atom is -0.396 e. The molecule has 1 aromatic heterocycles. The summed E-state index contributed by atoms with van der Waals surface area (Å²) < 4.78 is 1.68. The monoisotopic (exact) mass is 337 g/mol. The van der Waals surface area contributed by atoms with Crippen molar-refractivity contribution in [2.75, 3.05) is 60.5 Å². The van der Waals surface area contributed by atoms with E-state index in [4.69, 9.17) is 0 Å². The SMILES string of the molecule is Cc1ccn(CC(=O)N2C[C@@H](CN(C)CCN(C)C)[C@@H](CO)C2)n1. The quantitative estimate of drug-likeness (QED) is 0.709. The molecule has 0 radical (unpaired) electrons. The van der Waals surface area contributed by atoms with Crippen molar-refractivity contribution in [2.24, 2.45) is 11.8 Å². The Bertz CT molecular complexity index is 531. The Morgan fingerprint density at radius 3 is 2.58 bits per heavy atom. The van der Waals surface area contributed by atoms with Crippen LogP contribution in [-0.2, 0) is 11.3 Å². The van der Waals surface area contributed by atoms with Crippen LogP contribution in [0.2, 0.25) is 0 Å². The van der Waals surface area contributed by atoms with Crippen molar-refractivity contribution in [1.29, 1.82) is 0 Å². The summed E-state index contributed by atoms with van der Waals surface area (Å²) in [5.41, 5.74) is 0.915. The van der Waals surface area contributed by atoms with Gasteiger partial charge in [-0.3, -0.25) is 9.48 Å². The van der Waals surface area contributed by atoms with Gasteiger partial charge in [0, 0.05) is 51.4 Å². The molecule has 1 saturated heterocycles. The van der Waals surface area contributed by atoms with Crippen LogP contribution >= 0.6 is 0 Å². The van der Waals surface area contributed by atoms with E-state index >= 15 is 0 Å². The van der Waals surface area contributed by atoms with E-state index in [9.17, 15) is 9.90 Å². The van der Waals surface area contributed by atoms with E-state index in [1.54, 1.807) is 4.68 Å². The standard InChI is InChI=1S/C17H31N5O2/c1-14-5-6-22(18-14)12-17(24)21-10-15(16(11-21)13-23)9-20(4)8-7-19(2)3/h5-6,15-16,23H,7-13H2,1-4H3/t15-,16-/m1/s1. The molecule has 1 amide bonds. The third-order valence-corrected chi connectivity index (χ3v) is 4.71. The first kappa shape index (κ1) is 18.9. The summed E-state index contributed by atoms with van der Waals surface area (Å²) in [6, 6.07) is 1.90. The summed E-state index contributed by atoms with van der Waals surface area (Å²) in [6.07, 6.45) is 1.83. The highest BCUT2D eigenvalue weighted by molar-refractivity contribution is 5.76. The van der Waals surface area contributed by atoms with Gasteiger partial charge in [0.15, 0.2) is 0 Å². The van der Waals surface area contributed by atoms with Crippen molar-refractivity contribution < 1.29 is 9.90 Å². The van der Waals surface area contributed by atoms with Crippen LogP contribution in [0.25, 0.3) is 0 Å². The van der Waals surface area contributed by atoms with Crippen molar-refractivity contribution in [1.82, 2.24) is 24.5 Å². The molecule has 1 aromatic rings. The molecular weight excluding hydrogens is 306 g/mol. The number of aliphatic hydroxyl groups excluding tert-OH is 1. The van der Waals surface area contributed by atoms with Crippen LogP contribution in [0.3, 0.4) is 0 Å². The third-order valence-electron chi connectivity index (χ3n) is 4.71. The molecule has 1 fully saturated rings. The maximum Gasteiger partial charge on any atom is 0.244 e. The number of aliphatic hydroxyl groups is 1. The number of carbonyl (C=O) groups excluding carboxylic acids is 1. The number of aromatic nitrogens is 2. The van der Waals surface area contributed by atoms with Crippen molar-refractivity contribution in [3.8, 4) is 0 Å². The molecule has 0 spiro atoms. The van der Waals surface area contributed by atoms with E-state index in [0.717, 1.165) is 31.9 Å². The predicted molar refractivity (Wildman–Crippen MR) is 93.7 cm³/mol. The van der Waals surface area contributed by atoms with Gasteiger partial charge in [-0.15, -0.1) is 0 Å². The molecule has 0 aromatic carbocycles. The fourth-order valence-corrected chi connectivity index (χ4v) is 3.21. The van der Waals surface area contributed by atoms with Gasteiger partial charge in [0.25, 0.3) is 0 Å². The summed E-state index contributed by atoms with van der Waals surface area (Å²) in [7, 11) is 6.24. The molecule has 0 saturated carbocycles. The van der Waals surface area contributed by atoms with Crippen molar-refractivity contribution in [3.05, 3.63) is 18.0 Å². The normalized spacial score (nSPS) is 21.2. The van der Waals surface area contributed by atoms with Crippen LogP contribution in [-0.4, -0.2) is 96.0 Å². The maximum absolute atomic E-state index is 12.5. The predicted octanol–water partition coefficient (Wildman–Crippen LogP) is -0.248. The molecule has 2 heterocycles. The zero-order valence-electron chi connectivity index (χ0n) is 15.4. The molecular formula is C17H31N5O2. The van der Waals surface area contributed by atoms with Gasteiger partial charge in [0.1, 0.15) is 6.54 Å². The van der Waals surface area contributed by atoms with Crippen LogP contribution in [0.4, 0.5) is 0 Å². The summed E-state index contributed by atoms with van der Waals surface area (Å²) in [5, 5.41) is 14.0. The Labute approximate surface area is 144 Å². The minimum absolute atomic E-state index is 0.0787. The molecule has 24 heavy (non-hydrogen) atoms. The smallest absolute Gasteiger partial charge is 0.244 e. The third kappa shape index (κ3) is 5.29. The Balaban J connectivity index is 1.87. The minimum atomic E-state index is 0.0787. The number of carbonyl (C=O) groups is 1. The van der Waals surface area contributed by atoms with E-state index in [1.807, 2.05) is 24.1 Å². The molecule has 2 atom stereocenters. The lowest BCUT2D eigenvalue weighted by Crippen LogP contribution is -2.36. The molecule has 2 rings (SSSR count). The van der Waals surface area contributed by atoms with Gasteiger partial charge in [-0.1, -0.05) is 0 Å². The van der Waals surface area contributed by atoms with Gasteiger partial charge in [-0.2, -0.15) is 5.10 Å². The number of aryl methyl sites for hydroxylation is 1. The van der Waals surface area contributed by atoms with Crippen LogP contribution in [0.1, 0.15) is 5.69 Å². The first-order chi connectivity index (χ1) is 11.4. The van der Waals surface area contributed by atoms with Gasteiger partial charge in [-0.05, 0) is 40.1 Å². The summed E-state index contributed by atoms with van der Waals surface area (Å²) in [4.78, 5) is 18.8. The van der Waals surface area contributed by atoms with Gasteiger partial charge in [-0.25, -0.2) is 0 Å². The maximum atomic E-state index is 12.5. The molecule has 0 aliphatic carbocycles. The highest BCUT2D eigenvalue weighted by Gasteiger charge is 2.35. The zero-order valence-corrected chi connectivity index (χ0v) is 15.4. The molecule has 136 valence electrons. The van der Waals surface area contributed by atoms with Gasteiger partial charge in [0.2, 0.25) is 5.91 Å². The Hall–Kier alpha value is -1.44. The van der Waals surface area contributed by atoms with Crippen LogP contribution in [0, 0.1) is 18.8 Å². The summed E-state index contributed by atoms with van der Waals surface area (Å²) in [5.74, 6) is 0.565. The lowest BCUT2D eigenvalue weighted by atomic mass is 9.96. The highest BCUT2D eigenvalue weighted by Crippen LogP contribution is 2.24. The fraction of sp³-hybridized carbons (Fsp3) is 0.765. The number of hydrogen-bond acceptors (Lipinski definition) is 5. The van der Waals surface area contributed by atoms with Gasteiger partial charge < -0.3 is 19.8 Å². The molecule has 0 unspecified atom stereocenters. The van der Waals surface area contributed by atoms with Crippen molar-refractivity contribution in [2.45, 2.75) is 13.5 Å². The first-order valence-corrected chi connectivity index (χ1v) is 8.61. The molecule has 0 bridgehead atoms. The van der Waals surface area contributed by atoms with Crippen LogP contribution in [0.15, 0.2) is 12.3 Å². The van der Waals surface area contributed by atoms with Gasteiger partial charge in [0.05, 0.1) is 5.69 Å². The Kier molecular flexibility index (Phi) is 6.77. The first-order valence-electron chi connectivity index (χ1n) is 8.61. The average molecular weight is 337 g/mol. The van der Waals surface area contributed by atoms with E-state index < -0.39 is 0 Å². The van der Waals surface area contributed by atoms with Gasteiger partial charge >= 0.3 is 0 Å². The van der Waals surface area contributed by atoms with E-state index in [-0.39, 0.29) is 25.0 Å². The fourth-order valence-electron chi connectivity index (χ4n) is 3.21. The molecule has 1 aliphatic heterocycles. The Morgan fingerprint density at radius 2 is 2.00 bits per heavy atom. The van der Waals surface area contributed by atoms with Crippen molar-refractivity contribution in [3.63, 3.8) is 0 Å². The van der Waals surface area contributed by atoms with Crippen molar-refractivity contribution >= 4 is 5.91 Å². The highest BCUT2D eigenvalue weighted by atomic mass is 16.3. The zero-order chi connectivity index (χ0) is 17.7. The molecule has 1 aliphatic rings. The lowest BCUT2D eigenvalue weighted by Gasteiger charge is -2.25.